The van der Waals surface area contributed by atoms with E-state index in [0.717, 1.165) is 12.4 Å². The first-order valence-electron chi connectivity index (χ1n) is 6.01. The number of tetrazole rings is 1. The molecular weight excluding hydrogens is 202 g/mol. The van der Waals surface area contributed by atoms with Crippen LogP contribution in [0.15, 0.2) is 0 Å². The third kappa shape index (κ3) is 3.01. The van der Waals surface area contributed by atoms with E-state index in [0.29, 0.717) is 11.5 Å². The van der Waals surface area contributed by atoms with Crippen molar-refractivity contribution in [2.45, 2.75) is 52.1 Å². The lowest BCUT2D eigenvalue weighted by Gasteiger charge is -2.35. The number of aromatic nitrogens is 4. The number of rotatable bonds is 3. The Morgan fingerprint density at radius 2 is 2.31 bits per heavy atom. The monoisotopic (exact) mass is 223 g/mol. The Morgan fingerprint density at radius 3 is 2.94 bits per heavy atom. The molecule has 1 saturated carbocycles. The molecule has 16 heavy (non-hydrogen) atoms. The molecule has 1 atom stereocenters. The van der Waals surface area contributed by atoms with Crippen molar-refractivity contribution >= 4 is 0 Å². The van der Waals surface area contributed by atoms with Crippen LogP contribution in [0.3, 0.4) is 0 Å². The standard InChI is InChI=1S/C11H21N5/c1-11(2)6-4-5-9(7-11)12-8-10-13-15-16(3)14-10/h9,12H,4-8H2,1-3H3. The average molecular weight is 223 g/mol. The van der Waals surface area contributed by atoms with Gasteiger partial charge < -0.3 is 5.32 Å². The van der Waals surface area contributed by atoms with Crippen molar-refractivity contribution in [2.75, 3.05) is 0 Å². The van der Waals surface area contributed by atoms with E-state index in [1.54, 1.807) is 7.05 Å². The summed E-state index contributed by atoms with van der Waals surface area (Å²) in [4.78, 5) is 1.50. The molecule has 0 spiro atoms. The van der Waals surface area contributed by atoms with Crippen molar-refractivity contribution in [1.29, 1.82) is 0 Å². The van der Waals surface area contributed by atoms with Gasteiger partial charge in [-0.05, 0) is 29.9 Å². The van der Waals surface area contributed by atoms with Gasteiger partial charge in [0.25, 0.3) is 0 Å². The Kier molecular flexibility index (Phi) is 3.23. The number of hydrogen-bond acceptors (Lipinski definition) is 4. The van der Waals surface area contributed by atoms with E-state index >= 15 is 0 Å². The van der Waals surface area contributed by atoms with Crippen molar-refractivity contribution in [3.8, 4) is 0 Å². The highest BCUT2D eigenvalue weighted by molar-refractivity contribution is 4.85. The molecule has 1 N–H and O–H groups in total. The lowest BCUT2D eigenvalue weighted by Crippen LogP contribution is -2.37. The molecule has 1 heterocycles. The van der Waals surface area contributed by atoms with Gasteiger partial charge in [0.15, 0.2) is 5.82 Å². The molecular formula is C11H21N5. The summed E-state index contributed by atoms with van der Waals surface area (Å²) in [5.41, 5.74) is 0.478. The van der Waals surface area contributed by atoms with Gasteiger partial charge in [-0.1, -0.05) is 20.3 Å². The summed E-state index contributed by atoms with van der Waals surface area (Å²) in [6.45, 7) is 5.43. The molecule has 0 aromatic carbocycles. The summed E-state index contributed by atoms with van der Waals surface area (Å²) in [5, 5.41) is 15.5. The third-order valence-electron chi connectivity index (χ3n) is 3.30. The topological polar surface area (TPSA) is 55.6 Å². The Bertz CT molecular complexity index is 344. The van der Waals surface area contributed by atoms with Crippen molar-refractivity contribution in [3.63, 3.8) is 0 Å². The summed E-state index contributed by atoms with van der Waals surface area (Å²) in [5.74, 6) is 0.783. The van der Waals surface area contributed by atoms with Gasteiger partial charge in [0.2, 0.25) is 0 Å². The number of aryl methyl sites for hydroxylation is 1. The zero-order valence-electron chi connectivity index (χ0n) is 10.4. The smallest absolute Gasteiger partial charge is 0.188 e. The van der Waals surface area contributed by atoms with Gasteiger partial charge in [-0.2, -0.15) is 4.80 Å². The van der Waals surface area contributed by atoms with Crippen molar-refractivity contribution in [2.24, 2.45) is 12.5 Å². The summed E-state index contributed by atoms with van der Waals surface area (Å²) in [6.07, 6.45) is 5.17. The predicted molar refractivity (Wildman–Crippen MR) is 61.7 cm³/mol. The van der Waals surface area contributed by atoms with Crippen molar-refractivity contribution in [1.82, 2.24) is 25.5 Å². The van der Waals surface area contributed by atoms with Crippen molar-refractivity contribution < 1.29 is 0 Å². The van der Waals surface area contributed by atoms with Crippen LogP contribution in [0.4, 0.5) is 0 Å². The second-order valence-corrected chi connectivity index (χ2v) is 5.53. The number of hydrogen-bond donors (Lipinski definition) is 1. The molecule has 90 valence electrons. The normalized spacial score (nSPS) is 24.6. The molecule has 1 fully saturated rings. The maximum atomic E-state index is 4.16. The molecule has 5 nitrogen and oxygen atoms in total. The highest BCUT2D eigenvalue weighted by atomic mass is 15.6. The Balaban J connectivity index is 1.82. The van der Waals surface area contributed by atoms with Crippen LogP contribution >= 0.6 is 0 Å². The predicted octanol–water partition coefficient (Wildman–Crippen LogP) is 1.27. The molecule has 1 aliphatic carbocycles. The summed E-state index contributed by atoms with van der Waals surface area (Å²) < 4.78 is 0. The van der Waals surface area contributed by atoms with Gasteiger partial charge in [0.05, 0.1) is 13.6 Å². The van der Waals surface area contributed by atoms with Crippen LogP contribution in [-0.4, -0.2) is 26.2 Å². The molecule has 0 amide bonds. The molecule has 2 rings (SSSR count). The van der Waals surface area contributed by atoms with Gasteiger partial charge >= 0.3 is 0 Å². The van der Waals surface area contributed by atoms with Crippen molar-refractivity contribution in [3.05, 3.63) is 5.82 Å². The first-order chi connectivity index (χ1) is 7.55. The fraction of sp³-hybridized carbons (Fsp3) is 0.909. The zero-order valence-corrected chi connectivity index (χ0v) is 10.4. The first-order valence-corrected chi connectivity index (χ1v) is 6.01. The lowest BCUT2D eigenvalue weighted by atomic mass is 9.75. The average Bonchev–Trinajstić information content (AvgIpc) is 2.60. The van der Waals surface area contributed by atoms with E-state index in [4.69, 9.17) is 0 Å². The Hall–Kier alpha value is -0.970. The maximum absolute atomic E-state index is 4.16. The zero-order chi connectivity index (χ0) is 11.6. The first kappa shape index (κ1) is 11.5. The molecule has 0 bridgehead atoms. The van der Waals surface area contributed by atoms with E-state index < -0.39 is 0 Å². The van der Waals surface area contributed by atoms with Crippen LogP contribution in [0.5, 0.6) is 0 Å². The van der Waals surface area contributed by atoms with E-state index in [9.17, 15) is 0 Å². The highest BCUT2D eigenvalue weighted by Crippen LogP contribution is 2.35. The SMILES string of the molecule is Cn1nnc(CNC2CCCC(C)(C)C2)n1. The second-order valence-electron chi connectivity index (χ2n) is 5.53. The minimum atomic E-state index is 0.478. The molecule has 1 aromatic rings. The maximum Gasteiger partial charge on any atom is 0.188 e. The van der Waals surface area contributed by atoms with Gasteiger partial charge in [-0.3, -0.25) is 0 Å². The Labute approximate surface area is 96.6 Å². The third-order valence-corrected chi connectivity index (χ3v) is 3.30. The minimum Gasteiger partial charge on any atom is -0.307 e. The summed E-state index contributed by atoms with van der Waals surface area (Å²) in [7, 11) is 1.79. The molecule has 5 heteroatoms. The number of nitrogens with zero attached hydrogens (tertiary/aromatic N) is 4. The largest absolute Gasteiger partial charge is 0.307 e. The summed E-state index contributed by atoms with van der Waals surface area (Å²) in [6, 6.07) is 0.604. The fourth-order valence-electron chi connectivity index (χ4n) is 2.50. The summed E-state index contributed by atoms with van der Waals surface area (Å²) >= 11 is 0. The van der Waals surface area contributed by atoms with Crippen LogP contribution in [0.1, 0.15) is 45.4 Å². The van der Waals surface area contributed by atoms with Gasteiger partial charge in [0.1, 0.15) is 0 Å². The lowest BCUT2D eigenvalue weighted by molar-refractivity contribution is 0.197. The fourth-order valence-corrected chi connectivity index (χ4v) is 2.50. The van der Waals surface area contributed by atoms with Crippen LogP contribution in [0.25, 0.3) is 0 Å². The van der Waals surface area contributed by atoms with Crippen LogP contribution in [-0.2, 0) is 13.6 Å². The minimum absolute atomic E-state index is 0.478. The Morgan fingerprint density at radius 1 is 1.50 bits per heavy atom. The molecule has 1 aliphatic rings. The molecule has 1 aromatic heterocycles. The van der Waals surface area contributed by atoms with Gasteiger partial charge in [0, 0.05) is 6.04 Å². The molecule has 0 radical (unpaired) electrons. The van der Waals surface area contributed by atoms with Gasteiger partial charge in [-0.25, -0.2) is 0 Å². The second kappa shape index (κ2) is 4.49. The van der Waals surface area contributed by atoms with E-state index in [-0.39, 0.29) is 0 Å². The molecule has 0 saturated heterocycles. The quantitative estimate of drug-likeness (QED) is 0.838. The molecule has 0 aliphatic heterocycles. The van der Waals surface area contributed by atoms with E-state index in [1.165, 1.54) is 30.5 Å². The van der Waals surface area contributed by atoms with Gasteiger partial charge in [-0.15, -0.1) is 10.2 Å². The van der Waals surface area contributed by atoms with Crippen LogP contribution in [0.2, 0.25) is 0 Å². The van der Waals surface area contributed by atoms with Crippen LogP contribution < -0.4 is 5.32 Å². The van der Waals surface area contributed by atoms with E-state index in [1.807, 2.05) is 0 Å². The molecule has 1 unspecified atom stereocenters. The number of nitrogens with one attached hydrogen (secondary N) is 1. The van der Waals surface area contributed by atoms with E-state index in [2.05, 4.69) is 34.6 Å². The van der Waals surface area contributed by atoms with Crippen LogP contribution in [0, 0.1) is 5.41 Å². The highest BCUT2D eigenvalue weighted by Gasteiger charge is 2.27.